The van der Waals surface area contributed by atoms with Crippen molar-refractivity contribution >= 4 is 23.6 Å². The van der Waals surface area contributed by atoms with Gasteiger partial charge in [-0.2, -0.15) is 0 Å². The summed E-state index contributed by atoms with van der Waals surface area (Å²) in [6.45, 7) is 8.63. The van der Waals surface area contributed by atoms with E-state index in [4.69, 9.17) is 28.9 Å². The van der Waals surface area contributed by atoms with Crippen LogP contribution < -0.4 is 9.47 Å². The second kappa shape index (κ2) is 20.9. The van der Waals surface area contributed by atoms with Crippen LogP contribution in [0.15, 0.2) is 120 Å². The molecule has 0 saturated heterocycles. The van der Waals surface area contributed by atoms with Gasteiger partial charge in [-0.3, -0.25) is 0 Å². The molecule has 0 spiro atoms. The fourth-order valence-corrected chi connectivity index (χ4v) is 9.20. The zero-order valence-electron chi connectivity index (χ0n) is 33.8. The van der Waals surface area contributed by atoms with Gasteiger partial charge in [-0.25, -0.2) is 4.79 Å². The van der Waals surface area contributed by atoms with Gasteiger partial charge in [-0.15, -0.1) is 24.9 Å². The number of aliphatic hydroxyl groups is 2. The Balaban J connectivity index is 1.53. The first kappa shape index (κ1) is 43.0. The standard InChI is InChI=1S/C47H58N2O8S/c1-5-7-28-53-46(52)49(3)43-31-41(48-55-32-33-15-9-8-10-16-33)39-29-34(17-11-13-25-50)38(18-12-14-26-51)44-40-30-36(56-35-19-22-37(58-4)23-20-35)21-24-42(40)57-47(43,45(39)44)54-27-6-2/h5-6,8-10,15-16,19-24,29-30,34,38,43-45,50-51H,1-2,7,11-14,17-18,25-28,31-32H2,3-4H3. The molecule has 58 heavy (non-hydrogen) atoms. The van der Waals surface area contributed by atoms with Crippen molar-refractivity contribution in [2.75, 3.05) is 39.7 Å². The SMILES string of the molecule is C=CCCOC(=O)N(C)C1CC(=NOCc2ccccc2)C2=CC(CCCCO)C(CCCCO)C3c4cc(Oc5ccc(SC)cc5)ccc4OC1(OCC=C)C23. The monoisotopic (exact) mass is 810 g/mol. The number of unbranched alkanes of at least 4 members (excludes halogenated alkanes) is 2. The summed E-state index contributed by atoms with van der Waals surface area (Å²) in [7, 11) is 1.73. The molecule has 1 fully saturated rings. The number of hydrogen-bond acceptors (Lipinski definition) is 10. The van der Waals surface area contributed by atoms with Crippen molar-refractivity contribution in [1.29, 1.82) is 0 Å². The van der Waals surface area contributed by atoms with Gasteiger partial charge in [-0.05, 0) is 104 Å². The summed E-state index contributed by atoms with van der Waals surface area (Å²) < 4.78 is 26.4. The van der Waals surface area contributed by atoms with Crippen LogP contribution in [0.3, 0.4) is 0 Å². The Kier molecular flexibility index (Phi) is 15.5. The summed E-state index contributed by atoms with van der Waals surface area (Å²) in [5, 5.41) is 24.6. The number of amides is 1. The van der Waals surface area contributed by atoms with Gasteiger partial charge in [-0.1, -0.05) is 66.6 Å². The predicted octanol–water partition coefficient (Wildman–Crippen LogP) is 9.68. The summed E-state index contributed by atoms with van der Waals surface area (Å²) in [6.07, 6.45) is 12.8. The van der Waals surface area contributed by atoms with Crippen LogP contribution in [0, 0.1) is 17.8 Å². The topological polar surface area (TPSA) is 119 Å². The van der Waals surface area contributed by atoms with Gasteiger partial charge in [0.15, 0.2) is 0 Å². The van der Waals surface area contributed by atoms with Crippen LogP contribution in [-0.4, -0.2) is 78.5 Å². The highest BCUT2D eigenvalue weighted by Gasteiger charge is 2.65. The van der Waals surface area contributed by atoms with Gasteiger partial charge < -0.3 is 38.9 Å². The molecule has 2 aliphatic carbocycles. The smallest absolute Gasteiger partial charge is 0.409 e. The zero-order chi connectivity index (χ0) is 40.9. The first-order chi connectivity index (χ1) is 28.4. The molecule has 6 unspecified atom stereocenters. The molecule has 6 rings (SSSR count). The number of rotatable bonds is 21. The van der Waals surface area contributed by atoms with Crippen LogP contribution in [0.4, 0.5) is 4.79 Å². The normalized spacial score (nSPS) is 23.8. The Morgan fingerprint density at radius 3 is 2.43 bits per heavy atom. The lowest BCUT2D eigenvalue weighted by Gasteiger charge is -2.59. The van der Waals surface area contributed by atoms with Gasteiger partial charge in [0.1, 0.15) is 29.9 Å². The van der Waals surface area contributed by atoms with Gasteiger partial charge in [0.05, 0.1) is 24.8 Å². The third kappa shape index (κ3) is 9.82. The Hall–Kier alpha value is -4.55. The lowest BCUT2D eigenvalue weighted by molar-refractivity contribution is -0.253. The first-order valence-electron chi connectivity index (χ1n) is 20.4. The quantitative estimate of drug-likeness (QED) is 0.0469. The maximum Gasteiger partial charge on any atom is 0.409 e. The van der Waals surface area contributed by atoms with Crippen LogP contribution in [-0.2, 0) is 20.9 Å². The van der Waals surface area contributed by atoms with Crippen LogP contribution in [0.2, 0.25) is 0 Å². The number of oxime groups is 1. The lowest BCUT2D eigenvalue weighted by Crippen LogP contribution is -2.69. The molecule has 0 aromatic heterocycles. The number of likely N-dealkylation sites (N-methyl/N-ethyl adjacent to an activating group) is 1. The van der Waals surface area contributed by atoms with Gasteiger partial charge in [0.2, 0.25) is 5.79 Å². The van der Waals surface area contributed by atoms with Crippen molar-refractivity contribution in [3.05, 3.63) is 121 Å². The van der Waals surface area contributed by atoms with Crippen molar-refractivity contribution < 1.29 is 38.8 Å². The fraction of sp³-hybridized carbons (Fsp3) is 0.447. The largest absolute Gasteiger partial charge is 0.459 e. The minimum Gasteiger partial charge on any atom is -0.459 e. The van der Waals surface area contributed by atoms with E-state index in [9.17, 15) is 15.0 Å². The molecule has 1 aliphatic heterocycles. The Labute approximate surface area is 347 Å². The highest BCUT2D eigenvalue weighted by Crippen LogP contribution is 2.62. The molecule has 10 nitrogen and oxygen atoms in total. The first-order valence-corrected chi connectivity index (χ1v) is 21.7. The van der Waals surface area contributed by atoms with Gasteiger partial charge >= 0.3 is 6.09 Å². The predicted molar refractivity (Wildman–Crippen MR) is 228 cm³/mol. The number of fused-ring (bicyclic) bond motifs is 2. The molecule has 1 heterocycles. The van der Waals surface area contributed by atoms with E-state index < -0.39 is 23.8 Å². The number of thioether (sulfide) groups is 1. The van der Waals surface area contributed by atoms with E-state index in [0.29, 0.717) is 36.5 Å². The van der Waals surface area contributed by atoms with E-state index in [0.717, 1.165) is 53.0 Å². The van der Waals surface area contributed by atoms with Crippen LogP contribution in [0.25, 0.3) is 0 Å². The van der Waals surface area contributed by atoms with Gasteiger partial charge in [0.25, 0.3) is 0 Å². The average Bonchev–Trinajstić information content (AvgIpc) is 3.25. The third-order valence-electron chi connectivity index (χ3n) is 11.5. The molecule has 3 aromatic rings. The molecular formula is C47H58N2O8S. The van der Waals surface area contributed by atoms with Crippen molar-refractivity contribution in [2.45, 2.75) is 80.6 Å². The molecule has 3 aliphatic rings. The number of nitrogens with zero attached hydrogens (tertiary/aromatic N) is 2. The van der Waals surface area contributed by atoms with Gasteiger partial charge in [0, 0.05) is 43.1 Å². The molecule has 11 heteroatoms. The number of carbonyl (C=O) groups is 1. The minimum absolute atomic E-state index is 0.0829. The molecule has 3 aromatic carbocycles. The van der Waals surface area contributed by atoms with Crippen LogP contribution in [0.5, 0.6) is 17.2 Å². The number of carbonyl (C=O) groups excluding carboxylic acids is 1. The molecule has 0 radical (unpaired) electrons. The summed E-state index contributed by atoms with van der Waals surface area (Å²) in [5.41, 5.74) is 3.64. The molecule has 1 saturated carbocycles. The Morgan fingerprint density at radius 1 is 0.983 bits per heavy atom. The van der Waals surface area contributed by atoms with Crippen molar-refractivity contribution in [1.82, 2.24) is 4.90 Å². The highest BCUT2D eigenvalue weighted by molar-refractivity contribution is 7.98. The summed E-state index contributed by atoms with van der Waals surface area (Å²) in [4.78, 5) is 22.8. The number of hydrogen-bond donors (Lipinski definition) is 2. The fourth-order valence-electron chi connectivity index (χ4n) is 8.79. The van der Waals surface area contributed by atoms with E-state index in [2.05, 4.69) is 25.3 Å². The van der Waals surface area contributed by atoms with E-state index in [1.54, 1.807) is 35.9 Å². The second-order valence-electron chi connectivity index (χ2n) is 15.1. The molecule has 1 amide bonds. The maximum atomic E-state index is 13.9. The van der Waals surface area contributed by atoms with E-state index in [1.807, 2.05) is 73.0 Å². The molecule has 0 bridgehead atoms. The molecule has 310 valence electrons. The van der Waals surface area contributed by atoms with Crippen molar-refractivity contribution in [3.8, 4) is 17.2 Å². The number of allylic oxidation sites excluding steroid dienone is 1. The second-order valence-corrected chi connectivity index (χ2v) is 16.0. The lowest BCUT2D eigenvalue weighted by atomic mass is 9.55. The van der Waals surface area contributed by atoms with Crippen molar-refractivity contribution in [3.63, 3.8) is 0 Å². The summed E-state index contributed by atoms with van der Waals surface area (Å²) >= 11 is 1.68. The number of ether oxygens (including phenoxy) is 4. The zero-order valence-corrected chi connectivity index (χ0v) is 34.6. The Bertz CT molecular complexity index is 1880. The number of aliphatic hydroxyl groups excluding tert-OH is 2. The van der Waals surface area contributed by atoms with E-state index in [1.165, 1.54) is 0 Å². The average molecular weight is 811 g/mol. The van der Waals surface area contributed by atoms with Crippen molar-refractivity contribution in [2.24, 2.45) is 22.9 Å². The molecule has 2 N–H and O–H groups in total. The maximum absolute atomic E-state index is 13.9. The van der Waals surface area contributed by atoms with Crippen LogP contribution >= 0.6 is 11.8 Å². The minimum atomic E-state index is -1.37. The molecule has 6 atom stereocenters. The third-order valence-corrected chi connectivity index (χ3v) is 12.2. The van der Waals surface area contributed by atoms with E-state index in [-0.39, 0.29) is 57.2 Å². The van der Waals surface area contributed by atoms with Crippen LogP contribution in [0.1, 0.15) is 68.4 Å². The highest BCUT2D eigenvalue weighted by atomic mass is 32.2. The summed E-state index contributed by atoms with van der Waals surface area (Å²) in [5.74, 6) is 0.247. The van der Waals surface area contributed by atoms with E-state index >= 15 is 0 Å². The summed E-state index contributed by atoms with van der Waals surface area (Å²) in [6, 6.07) is 23.2. The molecular weight excluding hydrogens is 753 g/mol. The number of benzene rings is 3. The Morgan fingerprint density at radius 2 is 1.72 bits per heavy atom.